The fraction of sp³-hybridized carbons (Fsp3) is 0.333. The summed E-state index contributed by atoms with van der Waals surface area (Å²) in [5.41, 5.74) is 1.72. The van der Waals surface area contributed by atoms with Crippen molar-refractivity contribution in [2.24, 2.45) is 0 Å². The third-order valence-corrected chi connectivity index (χ3v) is 4.17. The van der Waals surface area contributed by atoms with Crippen molar-refractivity contribution in [1.82, 2.24) is 0 Å². The molecule has 1 atom stereocenters. The van der Waals surface area contributed by atoms with Crippen molar-refractivity contribution in [2.75, 3.05) is 0 Å². The molecule has 0 bridgehead atoms. The van der Waals surface area contributed by atoms with Gasteiger partial charge in [0.05, 0.1) is 6.42 Å². The van der Waals surface area contributed by atoms with Crippen LogP contribution in [0.2, 0.25) is 0 Å². The predicted octanol–water partition coefficient (Wildman–Crippen LogP) is 3.49. The molecule has 0 fully saturated rings. The number of benzene rings is 1. The lowest BCUT2D eigenvalue weighted by atomic mass is 9.79. The molecule has 4 heteroatoms. The number of ketones is 1. The number of esters is 1. The molecule has 0 N–H and O–H groups in total. The quantitative estimate of drug-likeness (QED) is 0.744. The second kappa shape index (κ2) is 4.93. The summed E-state index contributed by atoms with van der Waals surface area (Å²) in [5.74, 6) is 0.348. The molecule has 3 rings (SSSR count). The zero-order valence-corrected chi connectivity index (χ0v) is 11.9. The maximum atomic E-state index is 12.1. The molecule has 1 aromatic carbocycles. The minimum atomic E-state index is -0.235. The molecule has 1 unspecified atom stereocenters. The third kappa shape index (κ3) is 2.37. The zero-order valence-electron chi connectivity index (χ0n) is 10.3. The monoisotopic (exact) mass is 320 g/mol. The van der Waals surface area contributed by atoms with Crippen LogP contribution in [0.3, 0.4) is 0 Å². The fourth-order valence-corrected chi connectivity index (χ4v) is 3.02. The van der Waals surface area contributed by atoms with E-state index in [-0.39, 0.29) is 24.1 Å². The first-order valence-corrected chi connectivity index (χ1v) is 7.17. The first kappa shape index (κ1) is 12.6. The third-order valence-electron chi connectivity index (χ3n) is 3.64. The SMILES string of the molecule is O=C1CC(c2ccc(Br)cc2)C2=C(CCCC2=O)O1. The van der Waals surface area contributed by atoms with Crippen molar-refractivity contribution in [3.8, 4) is 0 Å². The van der Waals surface area contributed by atoms with Crippen LogP contribution in [0.25, 0.3) is 0 Å². The van der Waals surface area contributed by atoms with Gasteiger partial charge in [0.2, 0.25) is 0 Å². The van der Waals surface area contributed by atoms with Crippen LogP contribution in [0.5, 0.6) is 0 Å². The first-order valence-electron chi connectivity index (χ1n) is 6.37. The highest BCUT2D eigenvalue weighted by molar-refractivity contribution is 9.10. The Balaban J connectivity index is 2.05. The molecule has 0 spiro atoms. The Bertz CT molecular complexity index is 572. The Morgan fingerprint density at radius 3 is 2.58 bits per heavy atom. The number of carbonyl (C=O) groups excluding carboxylic acids is 2. The Kier molecular flexibility index (Phi) is 3.27. The molecule has 0 saturated heterocycles. The van der Waals surface area contributed by atoms with E-state index in [0.717, 1.165) is 16.5 Å². The fourth-order valence-electron chi connectivity index (χ4n) is 2.76. The number of allylic oxidation sites excluding steroid dienone is 2. The van der Waals surface area contributed by atoms with Gasteiger partial charge in [-0.15, -0.1) is 0 Å². The lowest BCUT2D eigenvalue weighted by molar-refractivity contribution is -0.142. The number of hydrogen-bond acceptors (Lipinski definition) is 3. The van der Waals surface area contributed by atoms with Gasteiger partial charge in [0.15, 0.2) is 5.78 Å². The highest BCUT2D eigenvalue weighted by atomic mass is 79.9. The number of ether oxygens (including phenoxy) is 1. The zero-order chi connectivity index (χ0) is 13.4. The van der Waals surface area contributed by atoms with Crippen molar-refractivity contribution in [1.29, 1.82) is 0 Å². The average molecular weight is 321 g/mol. The molecule has 3 nitrogen and oxygen atoms in total. The van der Waals surface area contributed by atoms with Gasteiger partial charge in [0.25, 0.3) is 0 Å². The molecule has 1 heterocycles. The molecule has 0 saturated carbocycles. The maximum absolute atomic E-state index is 12.1. The van der Waals surface area contributed by atoms with Crippen molar-refractivity contribution < 1.29 is 14.3 Å². The van der Waals surface area contributed by atoms with Gasteiger partial charge in [-0.05, 0) is 24.1 Å². The minimum Gasteiger partial charge on any atom is -0.431 e. The van der Waals surface area contributed by atoms with Gasteiger partial charge in [-0.3, -0.25) is 9.59 Å². The summed E-state index contributed by atoms with van der Waals surface area (Å²) in [6.45, 7) is 0. The maximum Gasteiger partial charge on any atom is 0.311 e. The van der Waals surface area contributed by atoms with E-state index in [1.807, 2.05) is 24.3 Å². The van der Waals surface area contributed by atoms with Crippen molar-refractivity contribution in [3.05, 3.63) is 45.6 Å². The molecule has 1 aliphatic carbocycles. The Labute approximate surface area is 119 Å². The Hall–Kier alpha value is -1.42. The van der Waals surface area contributed by atoms with E-state index >= 15 is 0 Å². The van der Waals surface area contributed by atoms with E-state index in [9.17, 15) is 9.59 Å². The molecular weight excluding hydrogens is 308 g/mol. The molecule has 19 heavy (non-hydrogen) atoms. The molecule has 0 amide bonds. The van der Waals surface area contributed by atoms with Gasteiger partial charge in [0, 0.05) is 28.8 Å². The Morgan fingerprint density at radius 2 is 1.84 bits per heavy atom. The van der Waals surface area contributed by atoms with Crippen LogP contribution < -0.4 is 0 Å². The highest BCUT2D eigenvalue weighted by Gasteiger charge is 2.36. The van der Waals surface area contributed by atoms with Gasteiger partial charge >= 0.3 is 5.97 Å². The second-order valence-electron chi connectivity index (χ2n) is 4.90. The van der Waals surface area contributed by atoms with Crippen LogP contribution in [0.1, 0.15) is 37.2 Å². The van der Waals surface area contributed by atoms with Gasteiger partial charge in [-0.2, -0.15) is 0 Å². The molecule has 0 aromatic heterocycles. The number of carbonyl (C=O) groups is 2. The molecule has 2 aliphatic rings. The number of halogens is 1. The van der Waals surface area contributed by atoms with Crippen LogP contribution in [-0.2, 0) is 14.3 Å². The second-order valence-corrected chi connectivity index (χ2v) is 5.81. The first-order chi connectivity index (χ1) is 9.15. The van der Waals surface area contributed by atoms with E-state index in [4.69, 9.17) is 4.74 Å². The van der Waals surface area contributed by atoms with Gasteiger partial charge < -0.3 is 4.74 Å². The predicted molar refractivity (Wildman–Crippen MR) is 73.5 cm³/mol. The van der Waals surface area contributed by atoms with Crippen LogP contribution >= 0.6 is 15.9 Å². The highest BCUT2D eigenvalue weighted by Crippen LogP contribution is 2.40. The van der Waals surface area contributed by atoms with E-state index in [0.29, 0.717) is 24.2 Å². The van der Waals surface area contributed by atoms with Gasteiger partial charge in [-0.1, -0.05) is 28.1 Å². The number of hydrogen-bond donors (Lipinski definition) is 0. The summed E-state index contributed by atoms with van der Waals surface area (Å²) in [6, 6.07) is 7.78. The summed E-state index contributed by atoms with van der Waals surface area (Å²) < 4.78 is 6.23. The molecule has 1 aromatic rings. The molecule has 98 valence electrons. The van der Waals surface area contributed by atoms with E-state index < -0.39 is 0 Å². The average Bonchev–Trinajstić information content (AvgIpc) is 2.38. The summed E-state index contributed by atoms with van der Waals surface area (Å²) in [6.07, 6.45) is 2.29. The van der Waals surface area contributed by atoms with Crippen molar-refractivity contribution >= 4 is 27.7 Å². The molecule has 1 aliphatic heterocycles. The Morgan fingerprint density at radius 1 is 1.11 bits per heavy atom. The molecule has 0 radical (unpaired) electrons. The summed E-state index contributed by atoms with van der Waals surface area (Å²) in [4.78, 5) is 23.8. The van der Waals surface area contributed by atoms with E-state index in [1.54, 1.807) is 0 Å². The van der Waals surface area contributed by atoms with E-state index in [1.165, 1.54) is 0 Å². The topological polar surface area (TPSA) is 43.4 Å². The number of rotatable bonds is 1. The van der Waals surface area contributed by atoms with Crippen LogP contribution in [-0.4, -0.2) is 11.8 Å². The van der Waals surface area contributed by atoms with Crippen LogP contribution in [0, 0.1) is 0 Å². The lowest BCUT2D eigenvalue weighted by Gasteiger charge is -2.29. The number of Topliss-reactive ketones (excluding diaryl/α,β-unsaturated/α-hetero) is 1. The lowest BCUT2D eigenvalue weighted by Crippen LogP contribution is -2.27. The van der Waals surface area contributed by atoms with Crippen LogP contribution in [0.15, 0.2) is 40.1 Å². The van der Waals surface area contributed by atoms with Crippen molar-refractivity contribution in [3.63, 3.8) is 0 Å². The largest absolute Gasteiger partial charge is 0.431 e. The summed E-state index contributed by atoms with van der Waals surface area (Å²) >= 11 is 3.39. The standard InChI is InChI=1S/C15H13BrO3/c16-10-6-4-9(5-7-10)11-8-14(18)19-13-3-1-2-12(17)15(11)13/h4-7,11H,1-3,8H2. The molecular formula is C15H13BrO3. The minimum absolute atomic E-state index is 0.127. The van der Waals surface area contributed by atoms with Gasteiger partial charge in [0.1, 0.15) is 5.76 Å². The summed E-state index contributed by atoms with van der Waals surface area (Å²) in [7, 11) is 0. The smallest absolute Gasteiger partial charge is 0.311 e. The normalized spacial score (nSPS) is 23.1. The van der Waals surface area contributed by atoms with Crippen molar-refractivity contribution in [2.45, 2.75) is 31.6 Å². The van der Waals surface area contributed by atoms with Gasteiger partial charge in [-0.25, -0.2) is 0 Å². The van der Waals surface area contributed by atoms with E-state index in [2.05, 4.69) is 15.9 Å². The summed E-state index contributed by atoms with van der Waals surface area (Å²) in [5, 5.41) is 0. The van der Waals surface area contributed by atoms with Crippen LogP contribution in [0.4, 0.5) is 0 Å².